The molecule has 0 aliphatic rings. The molecule has 0 heterocycles. The van der Waals surface area contributed by atoms with Crippen LogP contribution < -0.4 is 10.9 Å². The number of hydrazine groups is 1. The fourth-order valence-electron chi connectivity index (χ4n) is 0.982. The van der Waals surface area contributed by atoms with Crippen molar-refractivity contribution in [1.29, 1.82) is 0 Å². The topological polar surface area (TPSA) is 93.7 Å². The monoisotopic (exact) mass is 260 g/mol. The van der Waals surface area contributed by atoms with Gasteiger partial charge in [0.15, 0.2) is 0 Å². The Morgan fingerprint density at radius 1 is 1.06 bits per heavy atom. The molecule has 0 unspecified atom stereocenters. The van der Waals surface area contributed by atoms with E-state index >= 15 is 0 Å². The number of rotatable bonds is 4. The Morgan fingerprint density at radius 2 is 1.67 bits per heavy atom. The van der Waals surface area contributed by atoms with Crippen LogP contribution in [0, 0.1) is 0 Å². The molecule has 2 amide bonds. The van der Waals surface area contributed by atoms with E-state index in [1.165, 1.54) is 7.11 Å². The highest BCUT2D eigenvalue weighted by molar-refractivity contribution is 5.79. The van der Waals surface area contributed by atoms with Crippen molar-refractivity contribution in [3.05, 3.63) is 0 Å². The second-order valence-electron chi connectivity index (χ2n) is 4.60. The molecule has 0 aliphatic heterocycles. The van der Waals surface area contributed by atoms with Crippen molar-refractivity contribution in [2.45, 2.75) is 45.6 Å². The van der Waals surface area contributed by atoms with Gasteiger partial charge in [0, 0.05) is 12.8 Å². The van der Waals surface area contributed by atoms with Crippen molar-refractivity contribution in [2.24, 2.45) is 0 Å². The molecular weight excluding hydrogens is 240 g/mol. The molecule has 0 spiro atoms. The lowest BCUT2D eigenvalue weighted by molar-refractivity contribution is -0.140. The van der Waals surface area contributed by atoms with Crippen LogP contribution in [-0.4, -0.2) is 30.7 Å². The zero-order valence-corrected chi connectivity index (χ0v) is 11.2. The van der Waals surface area contributed by atoms with Crippen molar-refractivity contribution in [1.82, 2.24) is 10.9 Å². The lowest BCUT2D eigenvalue weighted by Gasteiger charge is -2.19. The summed E-state index contributed by atoms with van der Waals surface area (Å²) in [4.78, 5) is 33.2. The molecule has 104 valence electrons. The van der Waals surface area contributed by atoms with Gasteiger partial charge < -0.3 is 9.47 Å². The lowest BCUT2D eigenvalue weighted by Crippen LogP contribution is -2.44. The Labute approximate surface area is 106 Å². The molecule has 0 saturated heterocycles. The third-order valence-corrected chi connectivity index (χ3v) is 1.72. The second kappa shape index (κ2) is 7.52. The summed E-state index contributed by atoms with van der Waals surface area (Å²) < 4.78 is 9.33. The quantitative estimate of drug-likeness (QED) is 0.578. The fourth-order valence-corrected chi connectivity index (χ4v) is 0.982. The third kappa shape index (κ3) is 9.44. The van der Waals surface area contributed by atoms with E-state index in [0.29, 0.717) is 6.42 Å². The summed E-state index contributed by atoms with van der Waals surface area (Å²) in [7, 11) is 1.28. The van der Waals surface area contributed by atoms with Crippen molar-refractivity contribution >= 4 is 18.0 Å². The maximum Gasteiger partial charge on any atom is 0.426 e. The summed E-state index contributed by atoms with van der Waals surface area (Å²) in [6.07, 6.45) is -0.0979. The predicted octanol–water partition coefficient (Wildman–Crippen LogP) is 0.886. The number of methoxy groups -OCH3 is 1. The number of hydrogen-bond donors (Lipinski definition) is 2. The zero-order valence-electron chi connectivity index (χ0n) is 11.2. The Hall–Kier alpha value is -1.79. The molecule has 0 rings (SSSR count). The van der Waals surface area contributed by atoms with Crippen LogP contribution in [0.4, 0.5) is 4.79 Å². The van der Waals surface area contributed by atoms with Crippen molar-refractivity contribution in [3.63, 3.8) is 0 Å². The largest absolute Gasteiger partial charge is 0.469 e. The molecule has 0 radical (unpaired) electrons. The summed E-state index contributed by atoms with van der Waals surface area (Å²) in [6, 6.07) is 0. The van der Waals surface area contributed by atoms with Gasteiger partial charge in [0.1, 0.15) is 5.60 Å². The normalized spacial score (nSPS) is 10.4. The molecule has 7 heteroatoms. The van der Waals surface area contributed by atoms with Gasteiger partial charge in [-0.25, -0.2) is 10.2 Å². The maximum atomic E-state index is 11.2. The van der Waals surface area contributed by atoms with Crippen LogP contribution in [0.5, 0.6) is 0 Å². The third-order valence-electron chi connectivity index (χ3n) is 1.72. The number of hydrogen-bond acceptors (Lipinski definition) is 5. The summed E-state index contributed by atoms with van der Waals surface area (Å²) >= 11 is 0. The lowest BCUT2D eigenvalue weighted by atomic mass is 10.2. The first kappa shape index (κ1) is 16.2. The molecule has 0 atom stereocenters. The molecule has 2 N–H and O–H groups in total. The molecule has 0 fully saturated rings. The molecule has 0 saturated carbocycles. The predicted molar refractivity (Wildman–Crippen MR) is 63.4 cm³/mol. The summed E-state index contributed by atoms with van der Waals surface area (Å²) in [5.74, 6) is -0.771. The van der Waals surface area contributed by atoms with Crippen LogP contribution in [0.25, 0.3) is 0 Å². The number of carbonyl (C=O) groups excluding carboxylic acids is 3. The number of nitrogens with one attached hydrogen (secondary N) is 2. The molecule has 0 aliphatic carbocycles. The van der Waals surface area contributed by atoms with Gasteiger partial charge in [-0.3, -0.25) is 15.0 Å². The van der Waals surface area contributed by atoms with E-state index < -0.39 is 17.6 Å². The fraction of sp³-hybridized carbons (Fsp3) is 0.727. The van der Waals surface area contributed by atoms with Crippen LogP contribution >= 0.6 is 0 Å². The molecule has 0 aromatic carbocycles. The van der Waals surface area contributed by atoms with Crippen LogP contribution in [-0.2, 0) is 19.1 Å². The minimum Gasteiger partial charge on any atom is -0.469 e. The summed E-state index contributed by atoms with van der Waals surface area (Å²) in [6.45, 7) is 5.14. The van der Waals surface area contributed by atoms with E-state index in [1.807, 2.05) is 0 Å². The summed E-state index contributed by atoms with van der Waals surface area (Å²) in [5, 5.41) is 0. The van der Waals surface area contributed by atoms with E-state index in [4.69, 9.17) is 4.74 Å². The molecule has 0 bridgehead atoms. The SMILES string of the molecule is COC(=O)CCCC(=O)NNC(=O)OC(C)(C)C. The van der Waals surface area contributed by atoms with Gasteiger partial charge in [-0.2, -0.15) is 0 Å². The first-order valence-corrected chi connectivity index (χ1v) is 5.59. The number of ether oxygens (including phenoxy) is 2. The maximum absolute atomic E-state index is 11.2. The Morgan fingerprint density at radius 3 is 2.17 bits per heavy atom. The van der Waals surface area contributed by atoms with Gasteiger partial charge in [-0.05, 0) is 27.2 Å². The van der Waals surface area contributed by atoms with Crippen molar-refractivity contribution < 1.29 is 23.9 Å². The van der Waals surface area contributed by atoms with Crippen LogP contribution in [0.3, 0.4) is 0 Å². The molecular formula is C11H20N2O5. The number of carbonyl (C=O) groups is 3. The van der Waals surface area contributed by atoms with E-state index in [1.54, 1.807) is 20.8 Å². The van der Waals surface area contributed by atoms with E-state index in [0.717, 1.165) is 0 Å². The Balaban J connectivity index is 3.71. The van der Waals surface area contributed by atoms with E-state index in [2.05, 4.69) is 15.6 Å². The van der Waals surface area contributed by atoms with Crippen LogP contribution in [0.2, 0.25) is 0 Å². The van der Waals surface area contributed by atoms with Gasteiger partial charge in [0.25, 0.3) is 0 Å². The molecule has 0 aromatic heterocycles. The van der Waals surface area contributed by atoms with Gasteiger partial charge in [0.2, 0.25) is 5.91 Å². The molecule has 7 nitrogen and oxygen atoms in total. The van der Waals surface area contributed by atoms with Crippen LogP contribution in [0.15, 0.2) is 0 Å². The van der Waals surface area contributed by atoms with E-state index in [9.17, 15) is 14.4 Å². The number of amides is 2. The highest BCUT2D eigenvalue weighted by atomic mass is 16.6. The van der Waals surface area contributed by atoms with Crippen LogP contribution in [0.1, 0.15) is 40.0 Å². The minimum atomic E-state index is -0.733. The van der Waals surface area contributed by atoms with E-state index in [-0.39, 0.29) is 18.8 Å². The highest BCUT2D eigenvalue weighted by Gasteiger charge is 2.16. The molecule has 18 heavy (non-hydrogen) atoms. The minimum absolute atomic E-state index is 0.116. The second-order valence-corrected chi connectivity index (χ2v) is 4.60. The zero-order chi connectivity index (χ0) is 14.2. The standard InChI is InChI=1S/C11H20N2O5/c1-11(2,3)18-10(16)13-12-8(14)6-5-7-9(15)17-4/h5-7H2,1-4H3,(H,12,14)(H,13,16). The van der Waals surface area contributed by atoms with Gasteiger partial charge in [0.05, 0.1) is 7.11 Å². The number of esters is 1. The first-order chi connectivity index (χ1) is 8.24. The Bertz CT molecular complexity index is 309. The van der Waals surface area contributed by atoms with Crippen molar-refractivity contribution in [2.75, 3.05) is 7.11 Å². The van der Waals surface area contributed by atoms with Gasteiger partial charge in [-0.1, -0.05) is 0 Å². The van der Waals surface area contributed by atoms with Gasteiger partial charge >= 0.3 is 12.1 Å². The average Bonchev–Trinajstić information content (AvgIpc) is 2.23. The molecule has 0 aromatic rings. The highest BCUT2D eigenvalue weighted by Crippen LogP contribution is 2.05. The van der Waals surface area contributed by atoms with Crippen molar-refractivity contribution in [3.8, 4) is 0 Å². The smallest absolute Gasteiger partial charge is 0.426 e. The average molecular weight is 260 g/mol. The summed E-state index contributed by atoms with van der Waals surface area (Å²) in [5.41, 5.74) is 3.67. The Kier molecular flexibility index (Phi) is 6.77. The first-order valence-electron chi connectivity index (χ1n) is 5.59. The van der Waals surface area contributed by atoms with Gasteiger partial charge in [-0.15, -0.1) is 0 Å².